The molecule has 0 radical (unpaired) electrons. The SMILES string of the molecule is COC(=O)C(=O)[C@H]1O[C@@H]1c1ccc(F)cc1. The van der Waals surface area contributed by atoms with Crippen molar-refractivity contribution in [2.24, 2.45) is 0 Å². The van der Waals surface area contributed by atoms with Gasteiger partial charge in [0.05, 0.1) is 7.11 Å². The standard InChI is InChI=1S/C11H9FO4/c1-15-11(14)8(13)10-9(16-10)6-2-4-7(12)5-3-6/h2-5,9-10H,1H3/t9-,10-/m1/s1. The highest BCUT2D eigenvalue weighted by atomic mass is 19.1. The fourth-order valence-corrected chi connectivity index (χ4v) is 1.43. The molecular formula is C11H9FO4. The van der Waals surface area contributed by atoms with Crippen LogP contribution >= 0.6 is 0 Å². The molecule has 16 heavy (non-hydrogen) atoms. The van der Waals surface area contributed by atoms with Gasteiger partial charge in [-0.1, -0.05) is 12.1 Å². The van der Waals surface area contributed by atoms with Crippen molar-refractivity contribution in [2.45, 2.75) is 12.2 Å². The molecule has 1 aliphatic rings. The molecule has 1 aromatic carbocycles. The first kappa shape index (κ1) is 10.8. The summed E-state index contributed by atoms with van der Waals surface area (Å²) in [6, 6.07) is 5.59. The number of rotatable bonds is 3. The summed E-state index contributed by atoms with van der Waals surface area (Å²) >= 11 is 0. The van der Waals surface area contributed by atoms with E-state index in [1.807, 2.05) is 0 Å². The quantitative estimate of drug-likeness (QED) is 0.436. The van der Waals surface area contributed by atoms with E-state index >= 15 is 0 Å². The fourth-order valence-electron chi connectivity index (χ4n) is 1.43. The number of benzene rings is 1. The maximum Gasteiger partial charge on any atom is 0.377 e. The second-order valence-corrected chi connectivity index (χ2v) is 3.38. The Morgan fingerprint density at radius 3 is 2.50 bits per heavy atom. The van der Waals surface area contributed by atoms with Crippen LogP contribution < -0.4 is 0 Å². The van der Waals surface area contributed by atoms with Crippen molar-refractivity contribution in [1.29, 1.82) is 0 Å². The molecule has 0 bridgehead atoms. The first-order chi connectivity index (χ1) is 7.63. The first-order valence-corrected chi connectivity index (χ1v) is 4.66. The van der Waals surface area contributed by atoms with Crippen molar-refractivity contribution in [3.8, 4) is 0 Å². The van der Waals surface area contributed by atoms with Crippen LogP contribution in [0.1, 0.15) is 11.7 Å². The Morgan fingerprint density at radius 2 is 1.94 bits per heavy atom. The van der Waals surface area contributed by atoms with Crippen LogP contribution in [0.2, 0.25) is 0 Å². The van der Waals surface area contributed by atoms with Crippen LogP contribution in [0.4, 0.5) is 4.39 Å². The minimum Gasteiger partial charge on any atom is -0.463 e. The summed E-state index contributed by atoms with van der Waals surface area (Å²) in [7, 11) is 1.13. The lowest BCUT2D eigenvalue weighted by Crippen LogP contribution is -2.21. The molecule has 1 saturated heterocycles. The van der Waals surface area contributed by atoms with Gasteiger partial charge in [0, 0.05) is 0 Å². The van der Waals surface area contributed by atoms with Gasteiger partial charge in [0.15, 0.2) is 6.10 Å². The predicted octanol–water partition coefficient (Wildman–Crippen LogP) is 1.01. The highest BCUT2D eigenvalue weighted by Gasteiger charge is 2.48. The minimum atomic E-state index is -0.922. The number of ketones is 1. The number of carbonyl (C=O) groups excluding carboxylic acids is 2. The summed E-state index contributed by atoms with van der Waals surface area (Å²) < 4.78 is 22.0. The van der Waals surface area contributed by atoms with Gasteiger partial charge in [-0.3, -0.25) is 4.79 Å². The Bertz CT molecular complexity index is 426. The van der Waals surface area contributed by atoms with Gasteiger partial charge < -0.3 is 9.47 Å². The monoisotopic (exact) mass is 224 g/mol. The van der Waals surface area contributed by atoms with Crippen molar-refractivity contribution in [2.75, 3.05) is 7.11 Å². The maximum atomic E-state index is 12.6. The second-order valence-electron chi connectivity index (χ2n) is 3.38. The molecule has 1 aliphatic heterocycles. The Hall–Kier alpha value is -1.75. The van der Waals surface area contributed by atoms with Crippen LogP contribution in [0.5, 0.6) is 0 Å². The number of hydrogen-bond acceptors (Lipinski definition) is 4. The smallest absolute Gasteiger partial charge is 0.377 e. The van der Waals surface area contributed by atoms with E-state index in [1.165, 1.54) is 24.3 Å². The third kappa shape index (κ3) is 1.94. The zero-order valence-electron chi connectivity index (χ0n) is 8.48. The van der Waals surface area contributed by atoms with Crippen molar-refractivity contribution in [3.05, 3.63) is 35.6 Å². The van der Waals surface area contributed by atoms with E-state index < -0.39 is 24.0 Å². The second kappa shape index (κ2) is 4.02. The zero-order valence-corrected chi connectivity index (χ0v) is 8.48. The molecule has 84 valence electrons. The molecule has 2 rings (SSSR count). The number of ether oxygens (including phenoxy) is 2. The van der Waals surface area contributed by atoms with Crippen LogP contribution in [0, 0.1) is 5.82 Å². The molecule has 0 saturated carbocycles. The summed E-state index contributed by atoms with van der Waals surface area (Å²) in [5.41, 5.74) is 0.670. The minimum absolute atomic E-state index is 0.361. The normalized spacial score (nSPS) is 22.6. The number of epoxide rings is 1. The number of esters is 1. The van der Waals surface area contributed by atoms with Gasteiger partial charge in [0.1, 0.15) is 11.9 Å². The topological polar surface area (TPSA) is 55.9 Å². The van der Waals surface area contributed by atoms with Crippen molar-refractivity contribution >= 4 is 11.8 Å². The molecule has 1 heterocycles. The highest BCUT2D eigenvalue weighted by Crippen LogP contribution is 2.39. The Morgan fingerprint density at radius 1 is 1.31 bits per heavy atom. The molecule has 0 aromatic heterocycles. The van der Waals surface area contributed by atoms with Gasteiger partial charge in [0.25, 0.3) is 5.78 Å². The summed E-state index contributed by atoms with van der Waals surface area (Å²) in [4.78, 5) is 22.2. The molecule has 0 N–H and O–H groups in total. The molecule has 4 nitrogen and oxygen atoms in total. The number of hydrogen-bond donors (Lipinski definition) is 0. The Labute approximate surface area is 91.0 Å². The van der Waals surface area contributed by atoms with Crippen LogP contribution in [0.3, 0.4) is 0 Å². The lowest BCUT2D eigenvalue weighted by Gasteiger charge is -1.95. The van der Waals surface area contributed by atoms with E-state index in [0.29, 0.717) is 5.56 Å². The molecule has 2 atom stereocenters. The number of Topliss-reactive ketones (excluding diaryl/α,β-unsaturated/α-hetero) is 1. The van der Waals surface area contributed by atoms with Gasteiger partial charge in [-0.25, -0.2) is 9.18 Å². The molecule has 1 fully saturated rings. The molecule has 0 spiro atoms. The van der Waals surface area contributed by atoms with Crippen molar-refractivity contribution in [3.63, 3.8) is 0 Å². The Balaban J connectivity index is 2.04. The van der Waals surface area contributed by atoms with Crippen LogP contribution in [-0.2, 0) is 19.1 Å². The van der Waals surface area contributed by atoms with Crippen LogP contribution in [0.15, 0.2) is 24.3 Å². The average molecular weight is 224 g/mol. The largest absolute Gasteiger partial charge is 0.463 e. The van der Waals surface area contributed by atoms with Gasteiger partial charge in [-0.15, -0.1) is 0 Å². The molecule has 0 amide bonds. The average Bonchev–Trinajstić information content (AvgIpc) is 3.08. The lowest BCUT2D eigenvalue weighted by molar-refractivity contribution is -0.152. The van der Waals surface area contributed by atoms with E-state index in [9.17, 15) is 14.0 Å². The van der Waals surface area contributed by atoms with Gasteiger partial charge in [-0.05, 0) is 17.7 Å². The van der Waals surface area contributed by atoms with Gasteiger partial charge in [-0.2, -0.15) is 0 Å². The van der Waals surface area contributed by atoms with Gasteiger partial charge in [0.2, 0.25) is 0 Å². The van der Waals surface area contributed by atoms with Crippen LogP contribution in [-0.4, -0.2) is 25.0 Å². The third-order valence-electron chi connectivity index (χ3n) is 2.34. The third-order valence-corrected chi connectivity index (χ3v) is 2.34. The van der Waals surface area contributed by atoms with Crippen molar-refractivity contribution in [1.82, 2.24) is 0 Å². The summed E-state index contributed by atoms with van der Waals surface area (Å²) in [5.74, 6) is -1.99. The summed E-state index contributed by atoms with van der Waals surface area (Å²) in [5, 5.41) is 0. The van der Waals surface area contributed by atoms with E-state index in [1.54, 1.807) is 0 Å². The first-order valence-electron chi connectivity index (χ1n) is 4.66. The predicted molar refractivity (Wildman–Crippen MR) is 51.0 cm³/mol. The summed E-state index contributed by atoms with van der Waals surface area (Å²) in [6.45, 7) is 0. The number of halogens is 1. The molecule has 1 aromatic rings. The number of methoxy groups -OCH3 is 1. The van der Waals surface area contributed by atoms with E-state index in [-0.39, 0.29) is 5.82 Å². The molecule has 0 unspecified atom stereocenters. The zero-order chi connectivity index (χ0) is 11.7. The van der Waals surface area contributed by atoms with Crippen LogP contribution in [0.25, 0.3) is 0 Å². The van der Waals surface area contributed by atoms with Gasteiger partial charge >= 0.3 is 5.97 Å². The highest BCUT2D eigenvalue weighted by molar-refractivity contribution is 6.36. The molecule has 0 aliphatic carbocycles. The van der Waals surface area contributed by atoms with E-state index in [4.69, 9.17) is 4.74 Å². The van der Waals surface area contributed by atoms with E-state index in [0.717, 1.165) is 7.11 Å². The van der Waals surface area contributed by atoms with Crippen molar-refractivity contribution < 1.29 is 23.5 Å². The molecular weight excluding hydrogens is 215 g/mol. The van der Waals surface area contributed by atoms with E-state index in [2.05, 4.69) is 4.74 Å². The molecule has 5 heteroatoms. The maximum absolute atomic E-state index is 12.6. The Kier molecular flexibility index (Phi) is 2.70. The number of carbonyl (C=O) groups is 2. The lowest BCUT2D eigenvalue weighted by atomic mass is 10.1. The summed E-state index contributed by atoms with van der Waals surface area (Å²) in [6.07, 6.45) is -1.26. The fraction of sp³-hybridized carbons (Fsp3) is 0.273.